The highest BCUT2D eigenvalue weighted by Gasteiger charge is 2.22. The van der Waals surface area contributed by atoms with Gasteiger partial charge in [0, 0.05) is 12.1 Å². The van der Waals surface area contributed by atoms with Crippen molar-refractivity contribution in [3.63, 3.8) is 0 Å². The Balaban J connectivity index is 0.000000128. The molecule has 0 saturated heterocycles. The van der Waals surface area contributed by atoms with Crippen LogP contribution in [0.25, 0.3) is 0 Å². The van der Waals surface area contributed by atoms with Crippen molar-refractivity contribution in [3.05, 3.63) is 35.9 Å². The van der Waals surface area contributed by atoms with Crippen molar-refractivity contribution >= 4 is 0 Å². The van der Waals surface area contributed by atoms with Crippen LogP contribution >= 0.6 is 0 Å². The molecule has 1 aromatic carbocycles. The second-order valence-electron chi connectivity index (χ2n) is 5.37. The van der Waals surface area contributed by atoms with E-state index in [1.54, 1.807) is 0 Å². The smallest absolute Gasteiger partial charge is 0.00535 e. The Morgan fingerprint density at radius 3 is 1.82 bits per heavy atom. The van der Waals surface area contributed by atoms with Gasteiger partial charge in [0.05, 0.1) is 0 Å². The van der Waals surface area contributed by atoms with Crippen LogP contribution in [-0.4, -0.2) is 12.1 Å². The molecule has 0 amide bonds. The highest BCUT2D eigenvalue weighted by atomic mass is 14.7. The summed E-state index contributed by atoms with van der Waals surface area (Å²) in [7, 11) is 0. The van der Waals surface area contributed by atoms with Crippen LogP contribution in [0.1, 0.15) is 50.0 Å². The fraction of sp³-hybridized carbons (Fsp3) is 0.600. The van der Waals surface area contributed by atoms with Crippen LogP contribution in [-0.2, 0) is 0 Å². The molecule has 0 spiro atoms. The zero-order valence-corrected chi connectivity index (χ0v) is 10.5. The summed E-state index contributed by atoms with van der Waals surface area (Å²) in [5.41, 5.74) is 12.8. The SMILES string of the molecule is NC1CCCC(N)C1.c1ccc(C2CC2)cc1. The Morgan fingerprint density at radius 1 is 0.824 bits per heavy atom. The predicted molar refractivity (Wildman–Crippen MR) is 72.8 cm³/mol. The van der Waals surface area contributed by atoms with Gasteiger partial charge in [-0.25, -0.2) is 0 Å². The second kappa shape index (κ2) is 6.18. The molecule has 2 fully saturated rings. The minimum absolute atomic E-state index is 0.388. The Hall–Kier alpha value is -0.860. The van der Waals surface area contributed by atoms with Gasteiger partial charge in [0.25, 0.3) is 0 Å². The van der Waals surface area contributed by atoms with Gasteiger partial charge in [-0.05, 0) is 43.6 Å². The van der Waals surface area contributed by atoms with Gasteiger partial charge in [-0.1, -0.05) is 36.8 Å². The predicted octanol–water partition coefficient (Wildman–Crippen LogP) is 2.78. The molecule has 2 nitrogen and oxygen atoms in total. The highest BCUT2D eigenvalue weighted by molar-refractivity contribution is 5.22. The van der Waals surface area contributed by atoms with Gasteiger partial charge in [-0.3, -0.25) is 0 Å². The van der Waals surface area contributed by atoms with Gasteiger partial charge < -0.3 is 11.5 Å². The van der Waals surface area contributed by atoms with Crippen LogP contribution < -0.4 is 11.5 Å². The van der Waals surface area contributed by atoms with Crippen molar-refractivity contribution in [1.82, 2.24) is 0 Å². The quantitative estimate of drug-likeness (QED) is 0.782. The first-order valence-electron chi connectivity index (χ1n) is 6.82. The lowest BCUT2D eigenvalue weighted by Gasteiger charge is -2.22. The third-order valence-corrected chi connectivity index (χ3v) is 3.60. The molecule has 3 rings (SSSR count). The summed E-state index contributed by atoms with van der Waals surface area (Å²) in [6.45, 7) is 0. The molecule has 94 valence electrons. The maximum absolute atomic E-state index is 5.65. The summed E-state index contributed by atoms with van der Waals surface area (Å²) in [6.07, 6.45) is 7.41. The van der Waals surface area contributed by atoms with E-state index in [1.807, 2.05) is 0 Å². The molecule has 2 heteroatoms. The largest absolute Gasteiger partial charge is 0.328 e. The van der Waals surface area contributed by atoms with Gasteiger partial charge in [0.2, 0.25) is 0 Å². The van der Waals surface area contributed by atoms with Crippen LogP contribution in [0.2, 0.25) is 0 Å². The zero-order valence-electron chi connectivity index (χ0n) is 10.5. The Bertz CT molecular complexity index is 311. The molecule has 0 aromatic heterocycles. The van der Waals surface area contributed by atoms with E-state index in [-0.39, 0.29) is 0 Å². The molecule has 0 bridgehead atoms. The fourth-order valence-corrected chi connectivity index (χ4v) is 2.41. The Morgan fingerprint density at radius 2 is 1.41 bits per heavy atom. The normalized spacial score (nSPS) is 28.1. The molecule has 17 heavy (non-hydrogen) atoms. The first kappa shape index (κ1) is 12.6. The third kappa shape index (κ3) is 4.49. The van der Waals surface area contributed by atoms with Crippen molar-refractivity contribution in [2.45, 2.75) is 56.5 Å². The summed E-state index contributed by atoms with van der Waals surface area (Å²) in [6, 6.07) is 11.5. The molecule has 2 saturated carbocycles. The standard InChI is InChI=1S/C9H10.C6H14N2/c1-2-4-8(5-3-1)9-6-7-9;7-5-2-1-3-6(8)4-5/h1-5,9H,6-7H2;5-6H,1-4,7-8H2. The van der Waals surface area contributed by atoms with Gasteiger partial charge in [-0.15, -0.1) is 0 Å². The Labute approximate surface area is 104 Å². The van der Waals surface area contributed by atoms with E-state index in [0.717, 1.165) is 12.3 Å². The molecular formula is C15H24N2. The summed E-state index contributed by atoms with van der Waals surface area (Å²) in [5, 5.41) is 0. The lowest BCUT2D eigenvalue weighted by Crippen LogP contribution is -2.35. The van der Waals surface area contributed by atoms with Crippen molar-refractivity contribution < 1.29 is 0 Å². The van der Waals surface area contributed by atoms with E-state index in [4.69, 9.17) is 11.5 Å². The summed E-state index contributed by atoms with van der Waals surface area (Å²) in [4.78, 5) is 0. The first-order valence-corrected chi connectivity index (χ1v) is 6.82. The summed E-state index contributed by atoms with van der Waals surface area (Å²) in [5.74, 6) is 0.909. The molecule has 2 unspecified atom stereocenters. The van der Waals surface area contributed by atoms with Crippen molar-refractivity contribution in [1.29, 1.82) is 0 Å². The van der Waals surface area contributed by atoms with E-state index < -0.39 is 0 Å². The van der Waals surface area contributed by atoms with Gasteiger partial charge in [-0.2, -0.15) is 0 Å². The molecule has 2 aliphatic rings. The van der Waals surface area contributed by atoms with Crippen LogP contribution in [0.4, 0.5) is 0 Å². The zero-order chi connectivity index (χ0) is 12.1. The average molecular weight is 232 g/mol. The molecule has 2 aliphatic carbocycles. The van der Waals surface area contributed by atoms with Crippen LogP contribution in [0, 0.1) is 0 Å². The molecule has 4 N–H and O–H groups in total. The molecule has 0 aliphatic heterocycles. The number of nitrogens with two attached hydrogens (primary N) is 2. The summed E-state index contributed by atoms with van der Waals surface area (Å²) < 4.78 is 0. The van der Waals surface area contributed by atoms with Crippen LogP contribution in [0.3, 0.4) is 0 Å². The van der Waals surface area contributed by atoms with Gasteiger partial charge in [0.1, 0.15) is 0 Å². The average Bonchev–Trinajstić information content (AvgIpc) is 3.14. The number of benzene rings is 1. The van der Waals surface area contributed by atoms with E-state index in [1.165, 1.54) is 37.7 Å². The highest BCUT2D eigenvalue weighted by Crippen LogP contribution is 2.39. The Kier molecular flexibility index (Phi) is 4.57. The number of hydrogen-bond acceptors (Lipinski definition) is 2. The van der Waals surface area contributed by atoms with E-state index in [2.05, 4.69) is 30.3 Å². The van der Waals surface area contributed by atoms with E-state index in [0.29, 0.717) is 12.1 Å². The van der Waals surface area contributed by atoms with Crippen LogP contribution in [0.5, 0.6) is 0 Å². The van der Waals surface area contributed by atoms with Crippen molar-refractivity contribution in [2.24, 2.45) is 11.5 Å². The number of hydrogen-bond donors (Lipinski definition) is 2. The molecule has 2 atom stereocenters. The monoisotopic (exact) mass is 232 g/mol. The van der Waals surface area contributed by atoms with Gasteiger partial charge in [0.15, 0.2) is 0 Å². The topological polar surface area (TPSA) is 52.0 Å². The number of rotatable bonds is 1. The maximum atomic E-state index is 5.65. The summed E-state index contributed by atoms with van der Waals surface area (Å²) >= 11 is 0. The third-order valence-electron chi connectivity index (χ3n) is 3.60. The second-order valence-corrected chi connectivity index (χ2v) is 5.37. The fourth-order valence-electron chi connectivity index (χ4n) is 2.41. The van der Waals surface area contributed by atoms with Crippen LogP contribution in [0.15, 0.2) is 30.3 Å². The van der Waals surface area contributed by atoms with Crippen molar-refractivity contribution in [2.75, 3.05) is 0 Å². The van der Waals surface area contributed by atoms with E-state index >= 15 is 0 Å². The first-order chi connectivity index (χ1) is 8.25. The van der Waals surface area contributed by atoms with Gasteiger partial charge >= 0.3 is 0 Å². The minimum Gasteiger partial charge on any atom is -0.328 e. The molecule has 0 radical (unpaired) electrons. The minimum atomic E-state index is 0.388. The molecule has 1 aromatic rings. The lowest BCUT2D eigenvalue weighted by molar-refractivity contribution is 0.392. The molecular weight excluding hydrogens is 208 g/mol. The van der Waals surface area contributed by atoms with E-state index in [9.17, 15) is 0 Å². The van der Waals surface area contributed by atoms with Crippen molar-refractivity contribution in [3.8, 4) is 0 Å². The lowest BCUT2D eigenvalue weighted by atomic mass is 9.92. The maximum Gasteiger partial charge on any atom is 0.00535 e. The molecule has 0 heterocycles.